The molecule has 19 heavy (non-hydrogen) atoms. The lowest BCUT2D eigenvalue weighted by atomic mass is 9.96. The molecular weight excluding hydrogens is 282 g/mol. The number of halogens is 1. The Morgan fingerprint density at radius 3 is 2.47 bits per heavy atom. The first-order valence-corrected chi connectivity index (χ1v) is 8.79. The highest BCUT2D eigenvalue weighted by Crippen LogP contribution is 2.44. The van der Waals surface area contributed by atoms with E-state index in [-0.39, 0.29) is 11.8 Å². The maximum absolute atomic E-state index is 12.2. The third kappa shape index (κ3) is 3.12. The van der Waals surface area contributed by atoms with E-state index in [9.17, 15) is 8.42 Å². The molecule has 2 saturated carbocycles. The summed E-state index contributed by atoms with van der Waals surface area (Å²) in [4.78, 5) is 0. The molecule has 1 aromatic rings. The van der Waals surface area contributed by atoms with E-state index in [2.05, 4.69) is 4.72 Å². The van der Waals surface area contributed by atoms with Gasteiger partial charge < -0.3 is 0 Å². The Balaban J connectivity index is 1.64. The van der Waals surface area contributed by atoms with Gasteiger partial charge >= 0.3 is 0 Å². The van der Waals surface area contributed by atoms with Crippen molar-refractivity contribution in [1.29, 1.82) is 0 Å². The van der Waals surface area contributed by atoms with E-state index < -0.39 is 10.0 Å². The Morgan fingerprint density at radius 2 is 1.89 bits per heavy atom. The molecule has 0 spiro atoms. The summed E-state index contributed by atoms with van der Waals surface area (Å²) in [5, 5.41) is 0.627. The lowest BCUT2D eigenvalue weighted by Gasteiger charge is -2.22. The number of rotatable bonds is 4. The molecule has 2 fully saturated rings. The minimum atomic E-state index is -3.25. The van der Waals surface area contributed by atoms with Crippen molar-refractivity contribution in [2.45, 2.75) is 37.5 Å². The van der Waals surface area contributed by atoms with Crippen LogP contribution in [-0.2, 0) is 15.8 Å². The minimum absolute atomic E-state index is 0.0397. The average Bonchev–Trinajstić information content (AvgIpc) is 2.93. The number of hydrogen-bond donors (Lipinski definition) is 1. The average molecular weight is 300 g/mol. The first kappa shape index (κ1) is 13.4. The van der Waals surface area contributed by atoms with Crippen molar-refractivity contribution in [3.05, 3.63) is 34.9 Å². The zero-order chi connectivity index (χ0) is 13.5. The van der Waals surface area contributed by atoms with Gasteiger partial charge in [-0.25, -0.2) is 13.1 Å². The summed E-state index contributed by atoms with van der Waals surface area (Å²) in [5.74, 6) is 1.34. The fourth-order valence-corrected chi connectivity index (χ4v) is 5.05. The molecule has 0 unspecified atom stereocenters. The maximum Gasteiger partial charge on any atom is 0.216 e. The van der Waals surface area contributed by atoms with Crippen LogP contribution in [0.5, 0.6) is 0 Å². The molecule has 3 rings (SSSR count). The lowest BCUT2D eigenvalue weighted by Crippen LogP contribution is -2.39. The molecule has 3 atom stereocenters. The largest absolute Gasteiger partial charge is 0.216 e. The molecule has 0 heterocycles. The molecule has 2 aliphatic carbocycles. The summed E-state index contributed by atoms with van der Waals surface area (Å²) in [6.07, 6.45) is 4.68. The van der Waals surface area contributed by atoms with Crippen LogP contribution in [0.2, 0.25) is 5.02 Å². The number of hydrogen-bond acceptors (Lipinski definition) is 2. The van der Waals surface area contributed by atoms with Crippen LogP contribution in [0.15, 0.2) is 24.3 Å². The van der Waals surface area contributed by atoms with Gasteiger partial charge in [0.25, 0.3) is 0 Å². The summed E-state index contributed by atoms with van der Waals surface area (Å²) in [6.45, 7) is 0. The summed E-state index contributed by atoms with van der Waals surface area (Å²) in [6, 6.07) is 7.15. The van der Waals surface area contributed by atoms with Crippen molar-refractivity contribution in [2.24, 2.45) is 11.8 Å². The molecule has 0 radical (unpaired) electrons. The zero-order valence-electron chi connectivity index (χ0n) is 10.7. The Labute approximate surface area is 119 Å². The van der Waals surface area contributed by atoms with E-state index >= 15 is 0 Å². The van der Waals surface area contributed by atoms with Crippen LogP contribution in [0.4, 0.5) is 0 Å². The van der Waals surface area contributed by atoms with Crippen LogP contribution in [0.1, 0.15) is 31.2 Å². The molecule has 1 N–H and O–H groups in total. The molecule has 1 aromatic carbocycles. The van der Waals surface area contributed by atoms with E-state index in [0.29, 0.717) is 10.9 Å². The molecule has 104 valence electrons. The molecule has 2 bridgehead atoms. The predicted molar refractivity (Wildman–Crippen MR) is 76.4 cm³/mol. The third-order valence-corrected chi connectivity index (χ3v) is 5.97. The van der Waals surface area contributed by atoms with Gasteiger partial charge in [-0.3, -0.25) is 0 Å². The second kappa shape index (κ2) is 5.08. The zero-order valence-corrected chi connectivity index (χ0v) is 12.3. The molecule has 0 saturated heterocycles. The number of nitrogens with one attached hydrogen (secondary N) is 1. The smallest absolute Gasteiger partial charge is 0.212 e. The SMILES string of the molecule is O=S(=O)(Cc1ccc(Cl)cc1)N[C@H]1C[C@H]2CC[C@@H]1C2. The Morgan fingerprint density at radius 1 is 1.16 bits per heavy atom. The Bertz CT molecular complexity index is 555. The summed E-state index contributed by atoms with van der Waals surface area (Å²) in [7, 11) is -3.25. The van der Waals surface area contributed by atoms with Gasteiger partial charge in [0.2, 0.25) is 10.0 Å². The fourth-order valence-electron chi connectivity index (χ4n) is 3.46. The molecule has 2 aliphatic rings. The summed E-state index contributed by atoms with van der Waals surface area (Å²) >= 11 is 5.80. The van der Waals surface area contributed by atoms with E-state index in [4.69, 9.17) is 11.6 Å². The van der Waals surface area contributed by atoms with Crippen molar-refractivity contribution in [3.63, 3.8) is 0 Å². The normalized spacial score (nSPS) is 29.8. The van der Waals surface area contributed by atoms with Gasteiger partial charge in [0.05, 0.1) is 5.75 Å². The van der Waals surface area contributed by atoms with Crippen molar-refractivity contribution < 1.29 is 8.42 Å². The van der Waals surface area contributed by atoms with Gasteiger partial charge in [0.1, 0.15) is 0 Å². The van der Waals surface area contributed by atoms with Gasteiger partial charge in [0.15, 0.2) is 0 Å². The first-order valence-electron chi connectivity index (χ1n) is 6.76. The highest BCUT2D eigenvalue weighted by molar-refractivity contribution is 7.88. The molecule has 0 amide bonds. The summed E-state index contributed by atoms with van der Waals surface area (Å²) < 4.78 is 27.2. The maximum atomic E-state index is 12.2. The Hall–Kier alpha value is -0.580. The van der Waals surface area contributed by atoms with Gasteiger partial charge in [-0.1, -0.05) is 30.2 Å². The third-order valence-electron chi connectivity index (χ3n) is 4.34. The molecule has 3 nitrogen and oxygen atoms in total. The fraction of sp³-hybridized carbons (Fsp3) is 0.571. The van der Waals surface area contributed by atoms with Crippen LogP contribution >= 0.6 is 11.6 Å². The predicted octanol–water partition coefficient (Wildman–Crippen LogP) is 2.95. The molecule has 0 aliphatic heterocycles. The molecule has 5 heteroatoms. The van der Waals surface area contributed by atoms with Gasteiger partial charge in [-0.05, 0) is 48.8 Å². The van der Waals surface area contributed by atoms with Crippen LogP contribution in [-0.4, -0.2) is 14.5 Å². The highest BCUT2D eigenvalue weighted by atomic mass is 35.5. The van der Waals surface area contributed by atoms with Crippen molar-refractivity contribution in [1.82, 2.24) is 4.72 Å². The number of benzene rings is 1. The number of sulfonamides is 1. The van der Waals surface area contributed by atoms with Crippen LogP contribution < -0.4 is 4.72 Å². The standard InChI is InChI=1S/C14H18ClNO2S/c15-13-5-2-10(3-6-13)9-19(17,18)16-14-8-11-1-4-12(14)7-11/h2-3,5-6,11-12,14,16H,1,4,7-9H2/t11-,12+,14-/m0/s1. The van der Waals surface area contributed by atoms with Gasteiger partial charge in [0, 0.05) is 11.1 Å². The van der Waals surface area contributed by atoms with Crippen molar-refractivity contribution >= 4 is 21.6 Å². The van der Waals surface area contributed by atoms with E-state index in [1.807, 2.05) is 0 Å². The second-order valence-electron chi connectivity index (χ2n) is 5.78. The minimum Gasteiger partial charge on any atom is -0.212 e. The topological polar surface area (TPSA) is 46.2 Å². The molecular formula is C14H18ClNO2S. The van der Waals surface area contributed by atoms with E-state index in [0.717, 1.165) is 17.9 Å². The quantitative estimate of drug-likeness (QED) is 0.929. The van der Waals surface area contributed by atoms with Crippen LogP contribution in [0, 0.1) is 11.8 Å². The monoisotopic (exact) mass is 299 g/mol. The van der Waals surface area contributed by atoms with Crippen LogP contribution in [0.3, 0.4) is 0 Å². The van der Waals surface area contributed by atoms with E-state index in [1.54, 1.807) is 24.3 Å². The Kier molecular flexibility index (Phi) is 3.58. The van der Waals surface area contributed by atoms with Gasteiger partial charge in [-0.15, -0.1) is 0 Å². The lowest BCUT2D eigenvalue weighted by molar-refractivity contribution is 0.390. The van der Waals surface area contributed by atoms with E-state index in [1.165, 1.54) is 19.3 Å². The number of fused-ring (bicyclic) bond motifs is 2. The first-order chi connectivity index (χ1) is 9.02. The summed E-state index contributed by atoms with van der Waals surface area (Å²) in [5.41, 5.74) is 0.778. The van der Waals surface area contributed by atoms with Crippen molar-refractivity contribution in [2.75, 3.05) is 0 Å². The van der Waals surface area contributed by atoms with Gasteiger partial charge in [-0.2, -0.15) is 0 Å². The highest BCUT2D eigenvalue weighted by Gasteiger charge is 2.40. The molecule has 0 aromatic heterocycles. The second-order valence-corrected chi connectivity index (χ2v) is 7.98. The van der Waals surface area contributed by atoms with Crippen molar-refractivity contribution in [3.8, 4) is 0 Å². The van der Waals surface area contributed by atoms with Crippen LogP contribution in [0.25, 0.3) is 0 Å².